The Balaban J connectivity index is 0.00000169. The van der Waals surface area contributed by atoms with Crippen LogP contribution >= 0.6 is 12.4 Å². The highest BCUT2D eigenvalue weighted by atomic mass is 35.5. The van der Waals surface area contributed by atoms with Gasteiger partial charge in [-0.2, -0.15) is 0 Å². The summed E-state index contributed by atoms with van der Waals surface area (Å²) in [5.41, 5.74) is 9.97. The largest absolute Gasteiger partial charge is 0.493 e. The number of rotatable bonds is 1. The van der Waals surface area contributed by atoms with E-state index in [1.807, 2.05) is 47.4 Å². The number of fused-ring (bicyclic) bond motifs is 2. The summed E-state index contributed by atoms with van der Waals surface area (Å²) in [6.45, 7) is 1.35. The Morgan fingerprint density at radius 2 is 2.00 bits per heavy atom. The lowest BCUT2D eigenvalue weighted by atomic mass is 9.90. The summed E-state index contributed by atoms with van der Waals surface area (Å²) in [6.07, 6.45) is 2.62. The lowest BCUT2D eigenvalue weighted by Crippen LogP contribution is -2.40. The number of benzene rings is 2. The minimum absolute atomic E-state index is 0. The molecule has 2 aliphatic rings. The molecule has 0 saturated carbocycles. The molecule has 4 nitrogen and oxygen atoms in total. The lowest BCUT2D eigenvalue weighted by molar-refractivity contribution is -0.120. The summed E-state index contributed by atoms with van der Waals surface area (Å²) in [5.74, 6) is 0.863. The zero-order valence-electron chi connectivity index (χ0n) is 13.4. The average molecular weight is 345 g/mol. The van der Waals surface area contributed by atoms with Crippen molar-refractivity contribution in [2.75, 3.05) is 23.8 Å². The van der Waals surface area contributed by atoms with Crippen LogP contribution in [-0.4, -0.2) is 19.1 Å². The van der Waals surface area contributed by atoms with Gasteiger partial charge >= 0.3 is 0 Å². The molecular weight excluding hydrogens is 324 g/mol. The number of nitrogens with two attached hydrogens (primary N) is 1. The van der Waals surface area contributed by atoms with Gasteiger partial charge in [-0.05, 0) is 43.0 Å². The minimum Gasteiger partial charge on any atom is -0.493 e. The third-order valence-corrected chi connectivity index (χ3v) is 4.81. The first-order valence-corrected chi connectivity index (χ1v) is 8.16. The molecule has 2 aromatic rings. The topological polar surface area (TPSA) is 55.6 Å². The maximum absolute atomic E-state index is 13.2. The number of nitrogens with zero attached hydrogens (tertiary/aromatic N) is 1. The number of hydrogen-bond donors (Lipinski definition) is 1. The molecule has 2 N–H and O–H groups in total. The molecule has 2 aliphatic heterocycles. The summed E-state index contributed by atoms with van der Waals surface area (Å²) < 4.78 is 5.69. The van der Waals surface area contributed by atoms with Crippen molar-refractivity contribution in [3.63, 3.8) is 0 Å². The highest BCUT2D eigenvalue weighted by Gasteiger charge is 2.33. The number of carbonyl (C=O) groups is 1. The number of amides is 1. The van der Waals surface area contributed by atoms with E-state index >= 15 is 0 Å². The van der Waals surface area contributed by atoms with E-state index in [0.29, 0.717) is 6.61 Å². The molecule has 0 saturated heterocycles. The molecule has 1 amide bonds. The maximum atomic E-state index is 13.2. The van der Waals surface area contributed by atoms with E-state index < -0.39 is 0 Å². The molecule has 0 aromatic heterocycles. The number of ether oxygens (including phenoxy) is 1. The number of para-hydroxylation sites is 1. The highest BCUT2D eigenvalue weighted by molar-refractivity contribution is 6.00. The van der Waals surface area contributed by atoms with Gasteiger partial charge in [-0.1, -0.05) is 24.3 Å². The maximum Gasteiger partial charge on any atom is 0.234 e. The first-order chi connectivity index (χ1) is 11.3. The van der Waals surface area contributed by atoms with E-state index in [2.05, 4.69) is 0 Å². The molecule has 1 atom stereocenters. The van der Waals surface area contributed by atoms with Crippen molar-refractivity contribution in [3.8, 4) is 5.75 Å². The smallest absolute Gasteiger partial charge is 0.234 e. The number of carbonyl (C=O) groups excluding carboxylic acids is 1. The van der Waals surface area contributed by atoms with Crippen LogP contribution in [0.1, 0.15) is 29.9 Å². The fraction of sp³-hybridized carbons (Fsp3) is 0.316. The molecule has 4 rings (SSSR count). The molecule has 0 radical (unpaired) electrons. The number of anilines is 2. The molecule has 0 spiro atoms. The summed E-state index contributed by atoms with van der Waals surface area (Å²) in [4.78, 5) is 15.1. The van der Waals surface area contributed by atoms with Gasteiger partial charge in [-0.15, -0.1) is 12.4 Å². The van der Waals surface area contributed by atoms with Crippen molar-refractivity contribution in [1.29, 1.82) is 0 Å². The number of nitrogen functional groups attached to an aromatic ring is 1. The predicted octanol–water partition coefficient (Wildman–Crippen LogP) is 3.54. The summed E-state index contributed by atoms with van der Waals surface area (Å²) >= 11 is 0. The van der Waals surface area contributed by atoms with Crippen LogP contribution in [-0.2, 0) is 11.2 Å². The van der Waals surface area contributed by atoms with Crippen molar-refractivity contribution in [2.24, 2.45) is 0 Å². The molecule has 0 bridgehead atoms. The van der Waals surface area contributed by atoms with Crippen LogP contribution < -0.4 is 15.4 Å². The molecule has 24 heavy (non-hydrogen) atoms. The zero-order valence-corrected chi connectivity index (χ0v) is 14.2. The summed E-state index contributed by atoms with van der Waals surface area (Å²) in [6, 6.07) is 13.7. The quantitative estimate of drug-likeness (QED) is 0.805. The van der Waals surface area contributed by atoms with Crippen LogP contribution in [0.5, 0.6) is 5.75 Å². The van der Waals surface area contributed by atoms with Gasteiger partial charge in [0.25, 0.3) is 0 Å². The van der Waals surface area contributed by atoms with Gasteiger partial charge < -0.3 is 15.4 Å². The first kappa shape index (κ1) is 16.7. The highest BCUT2D eigenvalue weighted by Crippen LogP contribution is 2.38. The third-order valence-electron chi connectivity index (χ3n) is 4.81. The minimum atomic E-state index is -0.132. The number of halogens is 1. The van der Waals surface area contributed by atoms with Crippen molar-refractivity contribution in [3.05, 3.63) is 53.6 Å². The normalized spacial score (nSPS) is 18.7. The fourth-order valence-corrected chi connectivity index (χ4v) is 3.67. The summed E-state index contributed by atoms with van der Waals surface area (Å²) in [7, 11) is 0. The lowest BCUT2D eigenvalue weighted by Gasteiger charge is -2.34. The molecule has 2 heterocycles. The van der Waals surface area contributed by atoms with E-state index in [1.54, 1.807) is 0 Å². The first-order valence-electron chi connectivity index (χ1n) is 8.16. The predicted molar refractivity (Wildman–Crippen MR) is 98.1 cm³/mol. The van der Waals surface area contributed by atoms with Gasteiger partial charge in [0.05, 0.1) is 12.5 Å². The van der Waals surface area contributed by atoms with Crippen molar-refractivity contribution < 1.29 is 9.53 Å². The molecule has 0 fully saturated rings. The Morgan fingerprint density at radius 3 is 2.88 bits per heavy atom. The van der Waals surface area contributed by atoms with E-state index in [-0.39, 0.29) is 24.2 Å². The molecule has 1 unspecified atom stereocenters. The van der Waals surface area contributed by atoms with Gasteiger partial charge in [0.15, 0.2) is 0 Å². The SMILES string of the molecule is Cl.Nc1cccc2c1CCCN2C(=O)C1CCOc2ccccc21. The Morgan fingerprint density at radius 1 is 1.17 bits per heavy atom. The van der Waals surface area contributed by atoms with Gasteiger partial charge in [0, 0.05) is 23.5 Å². The standard InChI is InChI=1S/C19H20N2O2.ClH/c20-16-7-3-8-17-15(16)6-4-11-21(17)19(22)14-10-12-23-18-9-2-1-5-13(14)18;/h1-3,5,7-9,14H,4,6,10-12,20H2;1H. The molecule has 5 heteroatoms. The second-order valence-corrected chi connectivity index (χ2v) is 6.17. The van der Waals surface area contributed by atoms with Gasteiger partial charge in [-0.25, -0.2) is 0 Å². The van der Waals surface area contributed by atoms with Crippen LogP contribution in [0.4, 0.5) is 11.4 Å². The Labute approximate surface area is 148 Å². The zero-order chi connectivity index (χ0) is 15.8. The van der Waals surface area contributed by atoms with E-state index in [4.69, 9.17) is 10.5 Å². The van der Waals surface area contributed by atoms with E-state index in [1.165, 1.54) is 0 Å². The van der Waals surface area contributed by atoms with Gasteiger partial charge in [0.1, 0.15) is 5.75 Å². The van der Waals surface area contributed by atoms with Crippen LogP contribution in [0, 0.1) is 0 Å². The third kappa shape index (κ3) is 2.71. The van der Waals surface area contributed by atoms with Crippen molar-refractivity contribution in [2.45, 2.75) is 25.2 Å². The van der Waals surface area contributed by atoms with Gasteiger partial charge in [-0.3, -0.25) is 4.79 Å². The van der Waals surface area contributed by atoms with Crippen LogP contribution in [0.3, 0.4) is 0 Å². The van der Waals surface area contributed by atoms with Crippen molar-refractivity contribution in [1.82, 2.24) is 0 Å². The van der Waals surface area contributed by atoms with E-state index in [0.717, 1.165) is 54.1 Å². The molecular formula is C19H21ClN2O2. The average Bonchev–Trinajstić information content (AvgIpc) is 2.60. The van der Waals surface area contributed by atoms with Crippen LogP contribution in [0.25, 0.3) is 0 Å². The van der Waals surface area contributed by atoms with Gasteiger partial charge in [0.2, 0.25) is 5.91 Å². The Hall–Kier alpha value is -2.20. The molecule has 2 aromatic carbocycles. The Kier molecular flexibility index (Phi) is 4.67. The van der Waals surface area contributed by atoms with Crippen molar-refractivity contribution >= 4 is 29.7 Å². The fourth-order valence-electron chi connectivity index (χ4n) is 3.67. The second-order valence-electron chi connectivity index (χ2n) is 6.17. The molecule has 126 valence electrons. The Bertz CT molecular complexity index is 763. The molecule has 0 aliphatic carbocycles. The van der Waals surface area contributed by atoms with Crippen LogP contribution in [0.15, 0.2) is 42.5 Å². The summed E-state index contributed by atoms with van der Waals surface area (Å²) in [5, 5.41) is 0. The number of hydrogen-bond acceptors (Lipinski definition) is 3. The van der Waals surface area contributed by atoms with Crippen LogP contribution in [0.2, 0.25) is 0 Å². The second kappa shape index (κ2) is 6.73. The van der Waals surface area contributed by atoms with E-state index in [9.17, 15) is 4.79 Å². The monoisotopic (exact) mass is 344 g/mol.